The topological polar surface area (TPSA) is 68.3 Å². The van der Waals surface area contributed by atoms with E-state index in [1.807, 2.05) is 67.6 Å². The number of aryl methyl sites for hydroxylation is 1. The second-order valence-electron chi connectivity index (χ2n) is 8.14. The Hall–Kier alpha value is -3.84. The lowest BCUT2D eigenvalue weighted by Crippen LogP contribution is -2.37. The summed E-state index contributed by atoms with van der Waals surface area (Å²) < 4.78 is 10.6. The molecule has 2 aliphatic rings. The van der Waals surface area contributed by atoms with Crippen LogP contribution in [0.1, 0.15) is 17.2 Å². The maximum atomic E-state index is 13.6. The van der Waals surface area contributed by atoms with Gasteiger partial charge in [-0.15, -0.1) is 0 Å². The van der Waals surface area contributed by atoms with E-state index < -0.39 is 18.1 Å². The number of carbonyl (C=O) groups excluding carboxylic acids is 2. The van der Waals surface area contributed by atoms with Crippen LogP contribution < -0.4 is 19.4 Å². The van der Waals surface area contributed by atoms with Crippen molar-refractivity contribution in [2.24, 2.45) is 5.92 Å². The van der Waals surface area contributed by atoms with Crippen LogP contribution in [0.4, 0.5) is 11.4 Å². The number of hydrogen-bond acceptors (Lipinski definition) is 6. The molecule has 0 aliphatic carbocycles. The quantitative estimate of drug-likeness (QED) is 0.553. The Morgan fingerprint density at radius 2 is 1.27 bits per heavy atom. The molecule has 0 N–H and O–H groups in total. The standard InChI is InChI=1S/C26H24N2O5/c1-16-4-8-18(9-5-16)27-25(29)22-23(17-6-12-20(31-2)13-7-17)28(33-24(22)26(27)30)19-10-14-21(32-3)15-11-19/h4-15,22-24H,1-3H3/t22-,23+,24-/m1/s1. The summed E-state index contributed by atoms with van der Waals surface area (Å²) in [5.41, 5.74) is 3.19. The van der Waals surface area contributed by atoms with Gasteiger partial charge in [-0.1, -0.05) is 29.8 Å². The molecule has 168 valence electrons. The SMILES string of the molecule is COc1ccc([C@H]2[C@H]3C(=O)N(c4ccc(C)cc4)C(=O)[C@@H]3ON2c2ccc(OC)cc2)cc1. The molecular formula is C26H24N2O5. The average molecular weight is 444 g/mol. The van der Waals surface area contributed by atoms with Gasteiger partial charge >= 0.3 is 0 Å². The number of anilines is 2. The third kappa shape index (κ3) is 3.50. The maximum Gasteiger partial charge on any atom is 0.266 e. The number of fused-ring (bicyclic) bond motifs is 1. The number of rotatable bonds is 5. The zero-order chi connectivity index (χ0) is 23.1. The molecular weight excluding hydrogens is 420 g/mol. The van der Waals surface area contributed by atoms with E-state index in [2.05, 4.69) is 0 Å². The highest BCUT2D eigenvalue weighted by Crippen LogP contribution is 2.48. The van der Waals surface area contributed by atoms with Gasteiger partial charge in [0.25, 0.3) is 5.91 Å². The van der Waals surface area contributed by atoms with Gasteiger partial charge in [-0.05, 0) is 61.0 Å². The minimum absolute atomic E-state index is 0.273. The normalized spacial score (nSPS) is 22.0. The molecule has 0 bridgehead atoms. The summed E-state index contributed by atoms with van der Waals surface area (Å²) in [5, 5.41) is 1.67. The second-order valence-corrected chi connectivity index (χ2v) is 8.14. The Labute approximate surface area is 192 Å². The first-order chi connectivity index (χ1) is 16.0. The van der Waals surface area contributed by atoms with Gasteiger partial charge in [-0.25, -0.2) is 9.96 Å². The van der Waals surface area contributed by atoms with E-state index in [4.69, 9.17) is 14.3 Å². The largest absolute Gasteiger partial charge is 0.497 e. The molecule has 2 fully saturated rings. The fourth-order valence-electron chi connectivity index (χ4n) is 4.46. The number of ether oxygens (including phenoxy) is 2. The summed E-state index contributed by atoms with van der Waals surface area (Å²) in [4.78, 5) is 34.4. The van der Waals surface area contributed by atoms with Gasteiger partial charge < -0.3 is 9.47 Å². The van der Waals surface area contributed by atoms with Crippen molar-refractivity contribution in [3.8, 4) is 11.5 Å². The van der Waals surface area contributed by atoms with Crippen LogP contribution in [0.3, 0.4) is 0 Å². The molecule has 0 aromatic heterocycles. The Kier molecular flexibility index (Phi) is 5.26. The lowest BCUT2D eigenvalue weighted by Gasteiger charge is -2.29. The average Bonchev–Trinajstić information content (AvgIpc) is 3.36. The lowest BCUT2D eigenvalue weighted by atomic mass is 9.90. The van der Waals surface area contributed by atoms with Crippen LogP contribution in [0.2, 0.25) is 0 Å². The van der Waals surface area contributed by atoms with Crippen molar-refractivity contribution in [3.05, 3.63) is 83.9 Å². The van der Waals surface area contributed by atoms with Gasteiger partial charge in [0.05, 0.1) is 31.6 Å². The van der Waals surface area contributed by atoms with Crippen molar-refractivity contribution < 1.29 is 23.9 Å². The molecule has 2 heterocycles. The zero-order valence-electron chi connectivity index (χ0n) is 18.6. The number of benzene rings is 3. The number of hydroxylamine groups is 1. The number of hydrogen-bond donors (Lipinski definition) is 0. The Morgan fingerprint density at radius 3 is 1.85 bits per heavy atom. The smallest absolute Gasteiger partial charge is 0.266 e. The summed E-state index contributed by atoms with van der Waals surface area (Å²) in [6.07, 6.45) is -0.909. The predicted molar refractivity (Wildman–Crippen MR) is 123 cm³/mol. The number of methoxy groups -OCH3 is 2. The van der Waals surface area contributed by atoms with Gasteiger partial charge in [0.15, 0.2) is 6.10 Å². The fourth-order valence-corrected chi connectivity index (χ4v) is 4.46. The van der Waals surface area contributed by atoms with Crippen molar-refractivity contribution in [1.29, 1.82) is 0 Å². The third-order valence-electron chi connectivity index (χ3n) is 6.19. The molecule has 2 amide bonds. The van der Waals surface area contributed by atoms with E-state index in [-0.39, 0.29) is 11.8 Å². The molecule has 5 rings (SSSR count). The van der Waals surface area contributed by atoms with Crippen LogP contribution in [-0.2, 0) is 14.4 Å². The first kappa shape index (κ1) is 21.0. The van der Waals surface area contributed by atoms with E-state index in [1.165, 1.54) is 4.90 Å². The molecule has 3 aromatic carbocycles. The number of imide groups is 1. The van der Waals surface area contributed by atoms with E-state index in [0.717, 1.165) is 16.8 Å². The first-order valence-electron chi connectivity index (χ1n) is 10.7. The Morgan fingerprint density at radius 1 is 0.727 bits per heavy atom. The Bertz CT molecular complexity index is 1170. The van der Waals surface area contributed by atoms with Gasteiger partial charge in [-0.2, -0.15) is 0 Å². The summed E-state index contributed by atoms with van der Waals surface area (Å²) in [5.74, 6) is 0.0977. The molecule has 3 atom stereocenters. The minimum atomic E-state index is -0.909. The number of carbonyl (C=O) groups is 2. The highest BCUT2D eigenvalue weighted by Gasteiger charge is 2.60. The maximum absolute atomic E-state index is 13.6. The highest BCUT2D eigenvalue weighted by atomic mass is 16.7. The zero-order valence-corrected chi connectivity index (χ0v) is 18.6. The van der Waals surface area contributed by atoms with E-state index in [9.17, 15) is 9.59 Å². The monoisotopic (exact) mass is 444 g/mol. The van der Waals surface area contributed by atoms with Gasteiger partial charge in [0, 0.05) is 0 Å². The molecule has 7 heteroatoms. The summed E-state index contributed by atoms with van der Waals surface area (Å²) in [6.45, 7) is 1.96. The van der Waals surface area contributed by atoms with Crippen molar-refractivity contribution in [1.82, 2.24) is 0 Å². The highest BCUT2D eigenvalue weighted by molar-refractivity contribution is 6.23. The van der Waals surface area contributed by atoms with Crippen molar-refractivity contribution in [3.63, 3.8) is 0 Å². The third-order valence-corrected chi connectivity index (χ3v) is 6.19. The van der Waals surface area contributed by atoms with E-state index in [1.54, 1.807) is 31.4 Å². The molecule has 2 saturated heterocycles. The van der Waals surface area contributed by atoms with Crippen LogP contribution in [-0.4, -0.2) is 32.1 Å². The van der Waals surface area contributed by atoms with Crippen LogP contribution in [0, 0.1) is 12.8 Å². The first-order valence-corrected chi connectivity index (χ1v) is 10.7. The summed E-state index contributed by atoms with van der Waals surface area (Å²) in [7, 11) is 3.20. The summed E-state index contributed by atoms with van der Waals surface area (Å²) >= 11 is 0. The molecule has 0 spiro atoms. The van der Waals surface area contributed by atoms with Crippen LogP contribution in [0.25, 0.3) is 0 Å². The number of nitrogens with zero attached hydrogens (tertiary/aromatic N) is 2. The molecule has 33 heavy (non-hydrogen) atoms. The lowest BCUT2D eigenvalue weighted by molar-refractivity contribution is -0.126. The summed E-state index contributed by atoms with van der Waals surface area (Å²) in [6, 6.07) is 21.7. The van der Waals surface area contributed by atoms with Crippen molar-refractivity contribution in [2.75, 3.05) is 24.2 Å². The molecule has 0 saturated carbocycles. The second kappa shape index (κ2) is 8.26. The minimum Gasteiger partial charge on any atom is -0.497 e. The van der Waals surface area contributed by atoms with Crippen molar-refractivity contribution in [2.45, 2.75) is 19.1 Å². The van der Waals surface area contributed by atoms with Crippen LogP contribution >= 0.6 is 0 Å². The van der Waals surface area contributed by atoms with Gasteiger partial charge in [0.2, 0.25) is 5.91 Å². The van der Waals surface area contributed by atoms with E-state index >= 15 is 0 Å². The van der Waals surface area contributed by atoms with Crippen LogP contribution in [0.5, 0.6) is 11.5 Å². The molecule has 7 nitrogen and oxygen atoms in total. The molecule has 3 aromatic rings. The van der Waals surface area contributed by atoms with Crippen LogP contribution in [0.15, 0.2) is 72.8 Å². The van der Waals surface area contributed by atoms with E-state index in [0.29, 0.717) is 17.2 Å². The molecule has 2 aliphatic heterocycles. The van der Waals surface area contributed by atoms with Gasteiger partial charge in [0.1, 0.15) is 17.4 Å². The van der Waals surface area contributed by atoms with Crippen molar-refractivity contribution >= 4 is 23.2 Å². The predicted octanol–water partition coefficient (Wildman–Crippen LogP) is 4.06. The fraction of sp³-hybridized carbons (Fsp3) is 0.231. The number of amides is 2. The molecule has 0 unspecified atom stereocenters. The van der Waals surface area contributed by atoms with Gasteiger partial charge in [-0.3, -0.25) is 14.4 Å². The molecule has 0 radical (unpaired) electrons. The Balaban J connectivity index is 1.56.